The summed E-state index contributed by atoms with van der Waals surface area (Å²) >= 11 is 2.05. The molecule has 1 aliphatic carbocycles. The summed E-state index contributed by atoms with van der Waals surface area (Å²) < 4.78 is 0. The number of rotatable bonds is 4. The average molecular weight is 292 g/mol. The van der Waals surface area contributed by atoms with Gasteiger partial charge in [-0.3, -0.25) is 4.99 Å². The predicted molar refractivity (Wildman–Crippen MR) is 90.1 cm³/mol. The Bertz CT molecular complexity index is 431. The molecular formula is C16H25NSSi. The van der Waals surface area contributed by atoms with Crippen molar-refractivity contribution in [2.45, 2.75) is 62.7 Å². The lowest BCUT2D eigenvalue weighted by molar-refractivity contribution is 0.444. The van der Waals surface area contributed by atoms with Crippen molar-refractivity contribution in [2.24, 2.45) is 4.99 Å². The molecule has 3 heteroatoms. The first-order valence-corrected chi connectivity index (χ1v) is 12.4. The van der Waals surface area contributed by atoms with Gasteiger partial charge in [-0.25, -0.2) is 0 Å². The van der Waals surface area contributed by atoms with Gasteiger partial charge in [-0.05, 0) is 30.5 Å². The van der Waals surface area contributed by atoms with Crippen molar-refractivity contribution in [3.8, 4) is 0 Å². The van der Waals surface area contributed by atoms with E-state index in [0.29, 0.717) is 6.04 Å². The lowest BCUT2D eigenvalue weighted by Crippen LogP contribution is -2.13. The molecule has 0 spiro atoms. The smallest absolute Gasteiger partial charge is 0.114 e. The summed E-state index contributed by atoms with van der Waals surface area (Å²) in [5, 5.41) is 0. The van der Waals surface area contributed by atoms with Gasteiger partial charge in [0.25, 0.3) is 0 Å². The Morgan fingerprint density at radius 2 is 1.89 bits per heavy atom. The molecule has 0 N–H and O–H groups in total. The Hall–Kier alpha value is -0.543. The standard InChI is InChI=1S/C16H25NSSi/c1-19(2,3)18-16-11-7-8-14(12-16)13-17-15-9-5-4-6-10-15/h7-8,11-13,15H,4-6,9-10H2,1-3H3/b17-13-. The van der Waals surface area contributed by atoms with Crippen LogP contribution in [0.1, 0.15) is 37.7 Å². The Labute approximate surface area is 122 Å². The third kappa shape index (κ3) is 5.53. The molecule has 1 aromatic rings. The molecule has 0 saturated heterocycles. The zero-order chi connectivity index (χ0) is 13.7. The zero-order valence-corrected chi connectivity index (χ0v) is 14.2. The van der Waals surface area contributed by atoms with Crippen molar-refractivity contribution < 1.29 is 0 Å². The quantitative estimate of drug-likeness (QED) is 0.537. The van der Waals surface area contributed by atoms with Crippen LogP contribution in [0.3, 0.4) is 0 Å². The summed E-state index contributed by atoms with van der Waals surface area (Å²) in [6.45, 7) is 7.17. The second-order valence-electron chi connectivity index (χ2n) is 6.36. The fourth-order valence-corrected chi connectivity index (χ4v) is 5.98. The molecular weight excluding hydrogens is 266 g/mol. The van der Waals surface area contributed by atoms with Crippen LogP contribution in [-0.2, 0) is 0 Å². The van der Waals surface area contributed by atoms with E-state index in [2.05, 4.69) is 61.3 Å². The van der Waals surface area contributed by atoms with Gasteiger partial charge in [0.2, 0.25) is 0 Å². The maximum atomic E-state index is 4.77. The fraction of sp³-hybridized carbons (Fsp3) is 0.562. The maximum Gasteiger partial charge on any atom is 0.114 e. The van der Waals surface area contributed by atoms with Gasteiger partial charge in [0.05, 0.1) is 0 Å². The van der Waals surface area contributed by atoms with Crippen LogP contribution in [0.5, 0.6) is 0 Å². The van der Waals surface area contributed by atoms with Crippen molar-refractivity contribution in [3.05, 3.63) is 29.8 Å². The van der Waals surface area contributed by atoms with E-state index in [1.165, 1.54) is 42.6 Å². The summed E-state index contributed by atoms with van der Waals surface area (Å²) in [4.78, 5) is 6.16. The highest BCUT2D eigenvalue weighted by Gasteiger charge is 2.15. The van der Waals surface area contributed by atoms with Gasteiger partial charge in [-0.1, -0.05) is 51.0 Å². The van der Waals surface area contributed by atoms with Crippen molar-refractivity contribution >= 4 is 24.6 Å². The van der Waals surface area contributed by atoms with Gasteiger partial charge in [0.15, 0.2) is 0 Å². The highest BCUT2D eigenvalue weighted by Crippen LogP contribution is 2.29. The molecule has 0 bridgehead atoms. The molecule has 1 aromatic carbocycles. The van der Waals surface area contributed by atoms with E-state index in [9.17, 15) is 0 Å². The zero-order valence-electron chi connectivity index (χ0n) is 12.4. The van der Waals surface area contributed by atoms with Crippen LogP contribution in [0.2, 0.25) is 19.6 Å². The summed E-state index contributed by atoms with van der Waals surface area (Å²) in [5.74, 6) is 0. The van der Waals surface area contributed by atoms with Gasteiger partial charge in [-0.2, -0.15) is 11.2 Å². The van der Waals surface area contributed by atoms with Crippen LogP contribution < -0.4 is 0 Å². The van der Waals surface area contributed by atoms with Gasteiger partial charge in [-0.15, -0.1) is 0 Å². The molecule has 1 saturated carbocycles. The molecule has 0 radical (unpaired) electrons. The molecule has 0 heterocycles. The lowest BCUT2D eigenvalue weighted by atomic mass is 9.96. The first kappa shape index (κ1) is 14.9. The van der Waals surface area contributed by atoms with E-state index in [1.807, 2.05) is 0 Å². The Balaban J connectivity index is 2.00. The summed E-state index contributed by atoms with van der Waals surface area (Å²) in [5.41, 5.74) is 1.26. The molecule has 0 amide bonds. The van der Waals surface area contributed by atoms with Gasteiger partial charge >= 0.3 is 0 Å². The minimum atomic E-state index is -1.10. The Morgan fingerprint density at radius 1 is 1.16 bits per heavy atom. The van der Waals surface area contributed by atoms with Gasteiger partial charge in [0.1, 0.15) is 7.22 Å². The van der Waals surface area contributed by atoms with Crippen LogP contribution >= 0.6 is 11.2 Å². The molecule has 0 aliphatic heterocycles. The number of hydrogen-bond acceptors (Lipinski definition) is 2. The average Bonchev–Trinajstić information content (AvgIpc) is 2.36. The molecule has 1 fully saturated rings. The Morgan fingerprint density at radius 3 is 2.58 bits per heavy atom. The topological polar surface area (TPSA) is 12.4 Å². The van der Waals surface area contributed by atoms with E-state index in [1.54, 1.807) is 0 Å². The van der Waals surface area contributed by atoms with Crippen LogP contribution in [-0.4, -0.2) is 19.5 Å². The monoisotopic (exact) mass is 291 g/mol. The highest BCUT2D eigenvalue weighted by atomic mass is 32.4. The molecule has 1 nitrogen and oxygen atoms in total. The van der Waals surface area contributed by atoms with E-state index in [-0.39, 0.29) is 0 Å². The van der Waals surface area contributed by atoms with Crippen LogP contribution in [0, 0.1) is 0 Å². The van der Waals surface area contributed by atoms with Crippen LogP contribution in [0.25, 0.3) is 0 Å². The highest BCUT2D eigenvalue weighted by molar-refractivity contribution is 8.28. The van der Waals surface area contributed by atoms with Crippen molar-refractivity contribution in [3.63, 3.8) is 0 Å². The van der Waals surface area contributed by atoms with E-state index in [4.69, 9.17) is 4.99 Å². The molecule has 0 unspecified atom stereocenters. The molecule has 19 heavy (non-hydrogen) atoms. The third-order valence-electron chi connectivity index (χ3n) is 3.29. The molecule has 2 rings (SSSR count). The maximum absolute atomic E-state index is 4.77. The minimum Gasteiger partial charge on any atom is -0.289 e. The molecule has 104 valence electrons. The Kier molecular flexibility index (Phi) is 5.28. The van der Waals surface area contributed by atoms with Crippen molar-refractivity contribution in [2.75, 3.05) is 0 Å². The normalized spacial score (nSPS) is 18.1. The van der Waals surface area contributed by atoms with Crippen molar-refractivity contribution in [1.82, 2.24) is 0 Å². The second kappa shape index (κ2) is 6.75. The number of nitrogens with zero attached hydrogens (tertiary/aromatic N) is 1. The largest absolute Gasteiger partial charge is 0.289 e. The van der Waals surface area contributed by atoms with Crippen LogP contribution in [0.4, 0.5) is 0 Å². The van der Waals surface area contributed by atoms with E-state index >= 15 is 0 Å². The minimum absolute atomic E-state index is 0.571. The molecule has 0 atom stereocenters. The third-order valence-corrected chi connectivity index (χ3v) is 6.94. The molecule has 1 aliphatic rings. The summed E-state index contributed by atoms with van der Waals surface area (Å²) in [7, 11) is -1.10. The SMILES string of the molecule is C[Si](C)(C)Sc1cccc(/C=N\C2CCCCC2)c1. The predicted octanol–water partition coefficient (Wildman–Crippen LogP) is 5.37. The van der Waals surface area contributed by atoms with E-state index in [0.717, 1.165) is 0 Å². The van der Waals surface area contributed by atoms with Crippen LogP contribution in [0.15, 0.2) is 34.2 Å². The second-order valence-corrected chi connectivity index (χ2v) is 15.5. The van der Waals surface area contributed by atoms with Gasteiger partial charge < -0.3 is 0 Å². The lowest BCUT2D eigenvalue weighted by Gasteiger charge is -2.17. The first-order valence-electron chi connectivity index (χ1n) is 7.35. The summed E-state index contributed by atoms with van der Waals surface area (Å²) in [6, 6.07) is 9.41. The first-order chi connectivity index (χ1) is 9.03. The fourth-order valence-electron chi connectivity index (χ4n) is 2.43. The summed E-state index contributed by atoms with van der Waals surface area (Å²) in [6.07, 6.45) is 8.75. The van der Waals surface area contributed by atoms with Gasteiger partial charge in [0, 0.05) is 17.2 Å². The number of hydrogen-bond donors (Lipinski definition) is 0. The molecule has 0 aromatic heterocycles. The number of benzene rings is 1. The number of aliphatic imine (C=N–C) groups is 1. The van der Waals surface area contributed by atoms with Crippen molar-refractivity contribution in [1.29, 1.82) is 0 Å². The van der Waals surface area contributed by atoms with E-state index < -0.39 is 7.22 Å².